The maximum absolute atomic E-state index is 12.1. The molecule has 4 heteroatoms. The zero-order chi connectivity index (χ0) is 13.4. The van der Waals surface area contributed by atoms with Crippen LogP contribution < -0.4 is 5.32 Å². The van der Waals surface area contributed by atoms with Crippen LogP contribution >= 0.6 is 23.2 Å². The zero-order valence-electron chi connectivity index (χ0n) is 9.99. The molecule has 2 nitrogen and oxygen atoms in total. The SMILES string of the molecule is O=C1N[C@@H](c2ccc(Cl)cc2Cl)Cc2ccccc21. The number of halogens is 2. The van der Waals surface area contributed by atoms with Gasteiger partial charge in [-0.05, 0) is 35.7 Å². The van der Waals surface area contributed by atoms with E-state index in [9.17, 15) is 4.79 Å². The molecule has 1 aliphatic heterocycles. The number of rotatable bonds is 1. The molecule has 0 aromatic heterocycles. The molecule has 2 aromatic carbocycles. The van der Waals surface area contributed by atoms with E-state index in [-0.39, 0.29) is 11.9 Å². The van der Waals surface area contributed by atoms with Gasteiger partial charge in [-0.15, -0.1) is 0 Å². The van der Waals surface area contributed by atoms with Crippen LogP contribution in [-0.2, 0) is 6.42 Å². The number of nitrogens with one attached hydrogen (secondary N) is 1. The molecule has 1 aliphatic rings. The molecule has 0 radical (unpaired) electrons. The van der Waals surface area contributed by atoms with Crippen LogP contribution in [0.3, 0.4) is 0 Å². The van der Waals surface area contributed by atoms with Gasteiger partial charge in [-0.25, -0.2) is 0 Å². The highest BCUT2D eigenvalue weighted by molar-refractivity contribution is 6.35. The lowest BCUT2D eigenvalue weighted by atomic mass is 9.91. The second kappa shape index (κ2) is 4.87. The van der Waals surface area contributed by atoms with Gasteiger partial charge in [0.1, 0.15) is 0 Å². The largest absolute Gasteiger partial charge is 0.345 e. The minimum Gasteiger partial charge on any atom is -0.345 e. The van der Waals surface area contributed by atoms with Gasteiger partial charge in [-0.2, -0.15) is 0 Å². The summed E-state index contributed by atoms with van der Waals surface area (Å²) in [5, 5.41) is 4.16. The zero-order valence-corrected chi connectivity index (χ0v) is 11.5. The average molecular weight is 292 g/mol. The third kappa shape index (κ3) is 2.34. The summed E-state index contributed by atoms with van der Waals surface area (Å²) in [6.45, 7) is 0. The molecule has 1 heterocycles. The standard InChI is InChI=1S/C15H11Cl2NO/c16-10-5-6-12(13(17)8-10)14-7-9-3-1-2-4-11(9)15(19)18-14/h1-6,8,14H,7H2,(H,18,19)/t14-/m1/s1. The number of hydrogen-bond donors (Lipinski definition) is 1. The van der Waals surface area contributed by atoms with E-state index >= 15 is 0 Å². The Morgan fingerprint density at radius 2 is 1.89 bits per heavy atom. The second-order valence-corrected chi connectivity index (χ2v) is 5.40. The van der Waals surface area contributed by atoms with Crippen molar-refractivity contribution in [2.45, 2.75) is 12.5 Å². The Hall–Kier alpha value is -1.51. The van der Waals surface area contributed by atoms with E-state index in [2.05, 4.69) is 5.32 Å². The maximum atomic E-state index is 12.1. The van der Waals surface area contributed by atoms with Crippen LogP contribution in [0.4, 0.5) is 0 Å². The summed E-state index contributed by atoms with van der Waals surface area (Å²) < 4.78 is 0. The summed E-state index contributed by atoms with van der Waals surface area (Å²) in [7, 11) is 0. The van der Waals surface area contributed by atoms with E-state index in [4.69, 9.17) is 23.2 Å². The molecule has 1 N–H and O–H groups in total. The molecule has 3 rings (SSSR count). The number of amides is 1. The van der Waals surface area contributed by atoms with Gasteiger partial charge < -0.3 is 5.32 Å². The summed E-state index contributed by atoms with van der Waals surface area (Å²) in [5.74, 6) is -0.0575. The molecule has 0 saturated heterocycles. The second-order valence-electron chi connectivity index (χ2n) is 4.55. The van der Waals surface area contributed by atoms with Crippen molar-refractivity contribution in [3.05, 3.63) is 69.2 Å². The van der Waals surface area contributed by atoms with E-state index in [0.717, 1.165) is 23.1 Å². The lowest BCUT2D eigenvalue weighted by Gasteiger charge is -2.26. The summed E-state index contributed by atoms with van der Waals surface area (Å²) in [5.41, 5.74) is 2.68. The van der Waals surface area contributed by atoms with Crippen LogP contribution in [0.1, 0.15) is 27.5 Å². The molecule has 0 spiro atoms. The van der Waals surface area contributed by atoms with Gasteiger partial charge in [0.05, 0.1) is 6.04 Å². The molecule has 0 fully saturated rings. The molecular weight excluding hydrogens is 281 g/mol. The summed E-state index contributed by atoms with van der Waals surface area (Å²) in [4.78, 5) is 12.1. The number of carbonyl (C=O) groups is 1. The Kier molecular flexibility index (Phi) is 3.21. The van der Waals surface area contributed by atoms with Gasteiger partial charge in [0.15, 0.2) is 0 Å². The van der Waals surface area contributed by atoms with Crippen molar-refractivity contribution >= 4 is 29.1 Å². The van der Waals surface area contributed by atoms with Crippen LogP contribution in [0.2, 0.25) is 10.0 Å². The molecule has 0 saturated carbocycles. The highest BCUT2D eigenvalue weighted by Gasteiger charge is 2.26. The molecule has 1 atom stereocenters. The van der Waals surface area contributed by atoms with Crippen molar-refractivity contribution in [1.82, 2.24) is 5.32 Å². The van der Waals surface area contributed by atoms with Crippen LogP contribution in [0.15, 0.2) is 42.5 Å². The fourth-order valence-electron chi connectivity index (χ4n) is 2.40. The van der Waals surface area contributed by atoms with Gasteiger partial charge in [0.2, 0.25) is 0 Å². The number of fused-ring (bicyclic) bond motifs is 1. The summed E-state index contributed by atoms with van der Waals surface area (Å²) in [6, 6.07) is 12.9. The van der Waals surface area contributed by atoms with Crippen LogP contribution in [0, 0.1) is 0 Å². The third-order valence-corrected chi connectivity index (χ3v) is 3.89. The van der Waals surface area contributed by atoms with Crippen molar-refractivity contribution in [3.63, 3.8) is 0 Å². The van der Waals surface area contributed by atoms with Gasteiger partial charge in [-0.3, -0.25) is 4.79 Å². The van der Waals surface area contributed by atoms with Gasteiger partial charge in [0.25, 0.3) is 5.91 Å². The maximum Gasteiger partial charge on any atom is 0.252 e. The normalized spacial score (nSPS) is 17.8. The lowest BCUT2D eigenvalue weighted by Crippen LogP contribution is -2.35. The van der Waals surface area contributed by atoms with Crippen molar-refractivity contribution in [2.75, 3.05) is 0 Å². The van der Waals surface area contributed by atoms with E-state index < -0.39 is 0 Å². The summed E-state index contributed by atoms with van der Waals surface area (Å²) >= 11 is 12.1. The van der Waals surface area contributed by atoms with Crippen molar-refractivity contribution in [3.8, 4) is 0 Å². The van der Waals surface area contributed by atoms with E-state index in [1.54, 1.807) is 12.1 Å². The van der Waals surface area contributed by atoms with Crippen molar-refractivity contribution in [2.24, 2.45) is 0 Å². The van der Waals surface area contributed by atoms with E-state index in [0.29, 0.717) is 10.0 Å². The number of carbonyl (C=O) groups excluding carboxylic acids is 1. The highest BCUT2D eigenvalue weighted by atomic mass is 35.5. The van der Waals surface area contributed by atoms with Gasteiger partial charge in [-0.1, -0.05) is 47.5 Å². The minimum atomic E-state index is -0.104. The lowest BCUT2D eigenvalue weighted by molar-refractivity contribution is 0.0925. The third-order valence-electron chi connectivity index (χ3n) is 3.33. The van der Waals surface area contributed by atoms with Gasteiger partial charge >= 0.3 is 0 Å². The smallest absolute Gasteiger partial charge is 0.252 e. The fraction of sp³-hybridized carbons (Fsp3) is 0.133. The first kappa shape index (κ1) is 12.5. The molecule has 2 aromatic rings. The Bertz CT molecular complexity index is 654. The molecule has 1 amide bonds. The molecule has 19 heavy (non-hydrogen) atoms. The first-order valence-electron chi connectivity index (χ1n) is 5.99. The molecule has 96 valence electrons. The van der Waals surface area contributed by atoms with Crippen LogP contribution in [-0.4, -0.2) is 5.91 Å². The topological polar surface area (TPSA) is 29.1 Å². The first-order valence-corrected chi connectivity index (χ1v) is 6.74. The highest BCUT2D eigenvalue weighted by Crippen LogP contribution is 2.31. The number of benzene rings is 2. The monoisotopic (exact) mass is 291 g/mol. The predicted molar refractivity (Wildman–Crippen MR) is 76.8 cm³/mol. The molecule has 0 bridgehead atoms. The Labute approximate surface area is 121 Å². The molecular formula is C15H11Cl2NO. The Morgan fingerprint density at radius 1 is 1.11 bits per heavy atom. The fourth-order valence-corrected chi connectivity index (χ4v) is 2.94. The van der Waals surface area contributed by atoms with Crippen LogP contribution in [0.25, 0.3) is 0 Å². The minimum absolute atomic E-state index is 0.0575. The van der Waals surface area contributed by atoms with Crippen LogP contribution in [0.5, 0.6) is 0 Å². The Morgan fingerprint density at radius 3 is 2.68 bits per heavy atom. The predicted octanol–water partition coefficient (Wildman–Crippen LogP) is 4.02. The van der Waals surface area contributed by atoms with E-state index in [1.165, 1.54) is 0 Å². The number of hydrogen-bond acceptors (Lipinski definition) is 1. The Balaban J connectivity index is 1.99. The summed E-state index contributed by atoms with van der Waals surface area (Å²) in [6.07, 6.45) is 0.739. The quantitative estimate of drug-likeness (QED) is 0.845. The van der Waals surface area contributed by atoms with Crippen molar-refractivity contribution in [1.29, 1.82) is 0 Å². The molecule has 0 unspecified atom stereocenters. The van der Waals surface area contributed by atoms with E-state index in [1.807, 2.05) is 30.3 Å². The first-order chi connectivity index (χ1) is 9.15. The average Bonchev–Trinajstić information content (AvgIpc) is 2.38. The molecule has 0 aliphatic carbocycles. The van der Waals surface area contributed by atoms with Crippen molar-refractivity contribution < 1.29 is 4.79 Å². The van der Waals surface area contributed by atoms with Gasteiger partial charge in [0, 0.05) is 15.6 Å².